The zero-order valence-electron chi connectivity index (χ0n) is 14.9. The maximum Gasteiger partial charge on any atom is 0.0148 e. The lowest BCUT2D eigenvalue weighted by Gasteiger charge is -2.38. The Labute approximate surface area is 157 Å². The van der Waals surface area contributed by atoms with Gasteiger partial charge in [0, 0.05) is 9.80 Å². The first kappa shape index (κ1) is 16.8. The molecule has 3 aliphatic carbocycles. The number of hydrogen-bond donors (Lipinski definition) is 2. The molecule has 0 radical (unpaired) electrons. The summed E-state index contributed by atoms with van der Waals surface area (Å²) in [5.74, 6) is 1.35. The van der Waals surface area contributed by atoms with Crippen LogP contribution >= 0.6 is 25.3 Å². The third-order valence-electron chi connectivity index (χ3n) is 6.37. The van der Waals surface area contributed by atoms with Crippen LogP contribution in [0.4, 0.5) is 0 Å². The molecule has 0 spiro atoms. The Bertz CT molecular complexity index is 739. The molecule has 2 heteroatoms. The van der Waals surface area contributed by atoms with Crippen molar-refractivity contribution in [2.75, 3.05) is 0 Å². The molecule has 1 aromatic rings. The number of aryl methyl sites for hydroxylation is 2. The predicted octanol–water partition coefficient (Wildman–Crippen LogP) is 6.57. The fourth-order valence-corrected chi connectivity index (χ4v) is 5.81. The largest absolute Gasteiger partial charge is 0.143 e. The number of benzene rings is 1. The number of rotatable bonds is 1. The molecule has 24 heavy (non-hydrogen) atoms. The molecule has 0 heterocycles. The third-order valence-corrected chi connectivity index (χ3v) is 7.54. The van der Waals surface area contributed by atoms with Crippen LogP contribution in [-0.2, 0) is 12.8 Å². The first-order valence-corrected chi connectivity index (χ1v) is 10.4. The molecule has 0 unspecified atom stereocenters. The second-order valence-corrected chi connectivity index (χ2v) is 8.82. The van der Waals surface area contributed by atoms with E-state index < -0.39 is 0 Å². The highest BCUT2D eigenvalue weighted by Gasteiger charge is 2.35. The van der Waals surface area contributed by atoms with Crippen LogP contribution in [0.1, 0.15) is 67.7 Å². The molecule has 2 atom stereocenters. The van der Waals surface area contributed by atoms with E-state index in [9.17, 15) is 0 Å². The lowest BCUT2D eigenvalue weighted by molar-refractivity contribution is 0.342. The summed E-state index contributed by atoms with van der Waals surface area (Å²) in [4.78, 5) is 2.43. The molecule has 3 aliphatic rings. The van der Waals surface area contributed by atoms with Crippen molar-refractivity contribution in [3.05, 3.63) is 44.9 Å². The highest BCUT2D eigenvalue weighted by atomic mass is 32.1. The smallest absolute Gasteiger partial charge is 0.0148 e. The molecule has 1 aromatic carbocycles. The molecule has 0 aromatic heterocycles. The minimum Gasteiger partial charge on any atom is -0.143 e. The lowest BCUT2D eigenvalue weighted by atomic mass is 9.68. The Balaban J connectivity index is 1.95. The van der Waals surface area contributed by atoms with Gasteiger partial charge in [0.1, 0.15) is 0 Å². The number of thiol groups is 2. The van der Waals surface area contributed by atoms with Crippen LogP contribution in [0.5, 0.6) is 0 Å². The Morgan fingerprint density at radius 2 is 1.71 bits per heavy atom. The normalized spacial score (nSPS) is 26.8. The van der Waals surface area contributed by atoms with Crippen molar-refractivity contribution in [3.63, 3.8) is 0 Å². The molecule has 0 bridgehead atoms. The van der Waals surface area contributed by atoms with Crippen molar-refractivity contribution in [1.82, 2.24) is 0 Å². The topological polar surface area (TPSA) is 0 Å². The number of fused-ring (bicyclic) bond motifs is 2. The lowest BCUT2D eigenvalue weighted by Crippen LogP contribution is -2.24. The van der Waals surface area contributed by atoms with E-state index in [4.69, 9.17) is 25.3 Å². The summed E-state index contributed by atoms with van der Waals surface area (Å²) in [5.41, 5.74) is 8.84. The van der Waals surface area contributed by atoms with Crippen molar-refractivity contribution in [3.8, 4) is 0 Å². The summed E-state index contributed by atoms with van der Waals surface area (Å²) in [6.07, 6.45) is 13.0. The molecule has 0 nitrogen and oxygen atoms in total. The van der Waals surface area contributed by atoms with Gasteiger partial charge in [-0.3, -0.25) is 0 Å². The molecule has 128 valence electrons. The van der Waals surface area contributed by atoms with E-state index in [2.05, 4.69) is 26.0 Å². The summed E-state index contributed by atoms with van der Waals surface area (Å²) < 4.78 is 0. The van der Waals surface area contributed by atoms with Crippen LogP contribution in [0, 0.1) is 18.8 Å². The van der Waals surface area contributed by atoms with Gasteiger partial charge in [0.2, 0.25) is 0 Å². The van der Waals surface area contributed by atoms with Gasteiger partial charge in [-0.25, -0.2) is 0 Å². The van der Waals surface area contributed by atoms with E-state index in [1.54, 1.807) is 11.1 Å². The van der Waals surface area contributed by atoms with E-state index in [0.29, 0.717) is 11.8 Å². The maximum atomic E-state index is 5.01. The molecule has 1 fully saturated rings. The molecular formula is C22H28S2. The number of allylic oxidation sites excluding steroid dienone is 3. The summed E-state index contributed by atoms with van der Waals surface area (Å²) >= 11 is 10.0. The van der Waals surface area contributed by atoms with Gasteiger partial charge >= 0.3 is 0 Å². The van der Waals surface area contributed by atoms with Crippen molar-refractivity contribution >= 4 is 30.8 Å². The van der Waals surface area contributed by atoms with Crippen LogP contribution in [0.25, 0.3) is 5.57 Å². The average Bonchev–Trinajstić information content (AvgIpc) is 2.58. The van der Waals surface area contributed by atoms with E-state index in [-0.39, 0.29) is 0 Å². The molecule has 0 saturated heterocycles. The first-order valence-electron chi connectivity index (χ1n) is 9.54. The van der Waals surface area contributed by atoms with E-state index >= 15 is 0 Å². The highest BCUT2D eigenvalue weighted by Crippen LogP contribution is 2.50. The Kier molecular flexibility index (Phi) is 4.64. The Morgan fingerprint density at radius 1 is 0.958 bits per heavy atom. The van der Waals surface area contributed by atoms with Crippen LogP contribution < -0.4 is 0 Å². The van der Waals surface area contributed by atoms with Crippen molar-refractivity contribution in [1.29, 1.82) is 0 Å². The Hall–Kier alpha value is -0.600. The van der Waals surface area contributed by atoms with Gasteiger partial charge < -0.3 is 0 Å². The third kappa shape index (κ3) is 2.70. The van der Waals surface area contributed by atoms with Crippen molar-refractivity contribution in [2.24, 2.45) is 11.8 Å². The van der Waals surface area contributed by atoms with Crippen molar-refractivity contribution in [2.45, 2.75) is 70.1 Å². The van der Waals surface area contributed by atoms with Crippen LogP contribution in [0.15, 0.2) is 27.5 Å². The SMILES string of the molecule is CC1=C[C@@H]2CCCC[C@@H]2C(c2c(S)c(C)cc3c2CCCC3)=C1S. The van der Waals surface area contributed by atoms with Gasteiger partial charge in [0.05, 0.1) is 0 Å². The standard InChI is InChI=1S/C22H28S2/c1-13-11-15-7-3-5-9-17(15)19(21(13)23)20-18-10-6-4-8-16(18)12-14(2)22(20)24/h11-12,15,17,23-24H,3-10H2,1-2H3/t15-,17-/m0/s1. The maximum absolute atomic E-state index is 5.01. The van der Waals surface area contributed by atoms with Crippen molar-refractivity contribution < 1.29 is 0 Å². The summed E-state index contributed by atoms with van der Waals surface area (Å²) in [6.45, 7) is 4.47. The Morgan fingerprint density at radius 3 is 2.54 bits per heavy atom. The van der Waals surface area contributed by atoms with E-state index in [0.717, 1.165) is 0 Å². The fraction of sp³-hybridized carbons (Fsp3) is 0.545. The predicted molar refractivity (Wildman–Crippen MR) is 110 cm³/mol. The van der Waals surface area contributed by atoms with Gasteiger partial charge in [-0.1, -0.05) is 25.0 Å². The second-order valence-electron chi connectivity index (χ2n) is 7.93. The summed E-state index contributed by atoms with van der Waals surface area (Å²) in [7, 11) is 0. The fourth-order valence-electron chi connectivity index (χ4n) is 5.14. The zero-order chi connectivity index (χ0) is 16.8. The van der Waals surface area contributed by atoms with Gasteiger partial charge in [-0.2, -0.15) is 0 Å². The summed E-state index contributed by atoms with van der Waals surface area (Å²) in [6, 6.07) is 2.39. The molecule has 0 N–H and O–H groups in total. The van der Waals surface area contributed by atoms with E-state index in [1.165, 1.54) is 83.4 Å². The van der Waals surface area contributed by atoms with Crippen LogP contribution in [0.2, 0.25) is 0 Å². The van der Waals surface area contributed by atoms with Crippen LogP contribution in [-0.4, -0.2) is 0 Å². The van der Waals surface area contributed by atoms with Gasteiger partial charge in [0.15, 0.2) is 0 Å². The molecule has 4 rings (SSSR count). The monoisotopic (exact) mass is 356 g/mol. The second kappa shape index (κ2) is 6.61. The molecule has 1 saturated carbocycles. The minimum atomic E-state index is 0.647. The quantitative estimate of drug-likeness (QED) is 0.522. The minimum absolute atomic E-state index is 0.647. The van der Waals surface area contributed by atoms with Gasteiger partial charge in [-0.05, 0) is 97.6 Å². The van der Waals surface area contributed by atoms with Gasteiger partial charge in [-0.15, -0.1) is 25.3 Å². The molecular weight excluding hydrogens is 328 g/mol. The zero-order valence-corrected chi connectivity index (χ0v) is 16.6. The highest BCUT2D eigenvalue weighted by molar-refractivity contribution is 7.85. The first-order chi connectivity index (χ1) is 11.6. The number of hydrogen-bond acceptors (Lipinski definition) is 2. The van der Waals surface area contributed by atoms with Crippen LogP contribution in [0.3, 0.4) is 0 Å². The summed E-state index contributed by atoms with van der Waals surface area (Å²) in [5, 5.41) is 0. The molecule has 0 amide bonds. The average molecular weight is 357 g/mol. The van der Waals surface area contributed by atoms with Gasteiger partial charge in [0.25, 0.3) is 0 Å². The van der Waals surface area contributed by atoms with E-state index in [1.807, 2.05) is 0 Å². The molecule has 0 aliphatic heterocycles.